The summed E-state index contributed by atoms with van der Waals surface area (Å²) in [6, 6.07) is 9.84. The van der Waals surface area contributed by atoms with Crippen LogP contribution in [0, 0.1) is 0 Å². The van der Waals surface area contributed by atoms with E-state index < -0.39 is 11.7 Å². The zero-order valence-electron chi connectivity index (χ0n) is 11.9. The maximum absolute atomic E-state index is 12.9. The predicted octanol–water partition coefficient (Wildman–Crippen LogP) is 4.85. The molecule has 2 aromatic rings. The number of hydrogen-bond donors (Lipinski definition) is 0. The molecule has 0 aromatic heterocycles. The van der Waals surface area contributed by atoms with Crippen LogP contribution in [0.1, 0.15) is 23.6 Å². The van der Waals surface area contributed by atoms with E-state index in [2.05, 4.69) is 16.0 Å². The summed E-state index contributed by atoms with van der Waals surface area (Å²) in [5, 5.41) is 0. The highest BCUT2D eigenvalue weighted by Gasteiger charge is 2.33. The van der Waals surface area contributed by atoms with E-state index >= 15 is 0 Å². The normalized spacial score (nSPS) is 16.0. The van der Waals surface area contributed by atoms with Gasteiger partial charge in [0, 0.05) is 17.8 Å². The fourth-order valence-electron chi connectivity index (χ4n) is 3.25. The summed E-state index contributed by atoms with van der Waals surface area (Å²) in [5.74, 6) is 0. The molecule has 0 saturated carbocycles. The van der Waals surface area contributed by atoms with Crippen molar-refractivity contribution in [2.45, 2.75) is 19.5 Å². The first-order chi connectivity index (χ1) is 10.4. The molecule has 2 aliphatic rings. The number of para-hydroxylation sites is 1. The van der Waals surface area contributed by atoms with E-state index in [1.807, 2.05) is 19.1 Å². The van der Waals surface area contributed by atoms with E-state index in [1.165, 1.54) is 11.6 Å². The van der Waals surface area contributed by atoms with Gasteiger partial charge < -0.3 is 4.90 Å². The van der Waals surface area contributed by atoms with Gasteiger partial charge in [0.2, 0.25) is 0 Å². The highest BCUT2D eigenvalue weighted by atomic mass is 19.4. The lowest BCUT2D eigenvalue weighted by molar-refractivity contribution is -0.137. The Bertz CT molecular complexity index is 806. The van der Waals surface area contributed by atoms with Crippen molar-refractivity contribution in [1.29, 1.82) is 0 Å². The van der Waals surface area contributed by atoms with E-state index in [-0.39, 0.29) is 0 Å². The number of aliphatic imine (C=N–C) groups is 1. The molecule has 0 amide bonds. The van der Waals surface area contributed by atoms with Crippen LogP contribution in [0.25, 0.3) is 0 Å². The first kappa shape index (κ1) is 13.4. The van der Waals surface area contributed by atoms with Gasteiger partial charge in [0.05, 0.1) is 22.6 Å². The van der Waals surface area contributed by atoms with E-state index in [4.69, 9.17) is 0 Å². The number of rotatable bonds is 0. The second-order valence-corrected chi connectivity index (χ2v) is 5.61. The number of anilines is 2. The van der Waals surface area contributed by atoms with Crippen LogP contribution >= 0.6 is 0 Å². The van der Waals surface area contributed by atoms with Gasteiger partial charge in [0.1, 0.15) is 0 Å². The highest BCUT2D eigenvalue weighted by molar-refractivity contribution is 6.09. The van der Waals surface area contributed by atoms with Crippen LogP contribution in [-0.4, -0.2) is 12.3 Å². The molecule has 2 aromatic carbocycles. The first-order valence-electron chi connectivity index (χ1n) is 7.11. The number of alkyl halides is 3. The molecule has 0 unspecified atom stereocenters. The van der Waals surface area contributed by atoms with Crippen LogP contribution in [0.4, 0.5) is 30.2 Å². The van der Waals surface area contributed by atoms with Crippen molar-refractivity contribution in [2.75, 3.05) is 11.4 Å². The Morgan fingerprint density at radius 2 is 1.95 bits per heavy atom. The van der Waals surface area contributed by atoms with Crippen LogP contribution in [0.3, 0.4) is 0 Å². The van der Waals surface area contributed by atoms with Crippen LogP contribution in [0.5, 0.6) is 0 Å². The Kier molecular flexibility index (Phi) is 2.64. The van der Waals surface area contributed by atoms with Crippen molar-refractivity contribution >= 4 is 22.8 Å². The van der Waals surface area contributed by atoms with Crippen LogP contribution in [0.15, 0.2) is 41.4 Å². The summed E-state index contributed by atoms with van der Waals surface area (Å²) in [5.41, 5.74) is 4.53. The summed E-state index contributed by atoms with van der Waals surface area (Å²) in [7, 11) is 0. The summed E-state index contributed by atoms with van der Waals surface area (Å²) in [4.78, 5) is 6.54. The van der Waals surface area contributed by atoms with Crippen LogP contribution < -0.4 is 4.90 Å². The maximum Gasteiger partial charge on any atom is 0.416 e. The van der Waals surface area contributed by atoms with E-state index in [1.54, 1.807) is 0 Å². The Morgan fingerprint density at radius 3 is 2.73 bits per heavy atom. The lowest BCUT2D eigenvalue weighted by Crippen LogP contribution is -2.15. The molecule has 22 heavy (non-hydrogen) atoms. The predicted molar refractivity (Wildman–Crippen MR) is 80.5 cm³/mol. The molecule has 0 aliphatic carbocycles. The average molecular weight is 302 g/mol. The highest BCUT2D eigenvalue weighted by Crippen LogP contribution is 2.46. The minimum atomic E-state index is -4.35. The number of benzene rings is 2. The zero-order chi connectivity index (χ0) is 15.5. The quantitative estimate of drug-likeness (QED) is 0.679. The molecule has 4 rings (SSSR count). The van der Waals surface area contributed by atoms with Crippen molar-refractivity contribution < 1.29 is 13.2 Å². The van der Waals surface area contributed by atoms with E-state index in [0.29, 0.717) is 5.69 Å². The molecule has 112 valence electrons. The molecule has 0 spiro atoms. The molecule has 2 nitrogen and oxygen atoms in total. The maximum atomic E-state index is 12.9. The fourth-order valence-corrected chi connectivity index (χ4v) is 3.25. The third-order valence-corrected chi connectivity index (χ3v) is 4.27. The Hall–Kier alpha value is -2.30. The van der Waals surface area contributed by atoms with Gasteiger partial charge >= 0.3 is 6.18 Å². The minimum absolute atomic E-state index is 0.386. The van der Waals surface area contributed by atoms with Gasteiger partial charge in [-0.15, -0.1) is 0 Å². The van der Waals surface area contributed by atoms with Gasteiger partial charge in [0.15, 0.2) is 0 Å². The summed E-state index contributed by atoms with van der Waals surface area (Å²) in [6.45, 7) is 2.62. The van der Waals surface area contributed by atoms with Gasteiger partial charge in [-0.05, 0) is 37.1 Å². The fraction of sp³-hybridized carbons (Fsp3) is 0.235. The van der Waals surface area contributed by atoms with Crippen LogP contribution in [0.2, 0.25) is 0 Å². The summed E-state index contributed by atoms with van der Waals surface area (Å²) < 4.78 is 38.8. The molecule has 2 aliphatic heterocycles. The van der Waals surface area contributed by atoms with E-state index in [9.17, 15) is 13.2 Å². The molecule has 0 saturated heterocycles. The minimum Gasteiger partial charge on any atom is -0.339 e. The topological polar surface area (TPSA) is 15.6 Å². The number of halogens is 3. The molecule has 0 fully saturated rings. The summed E-state index contributed by atoms with van der Waals surface area (Å²) >= 11 is 0. The molecule has 2 heterocycles. The lowest BCUT2D eigenvalue weighted by atomic mass is 10.0. The second kappa shape index (κ2) is 4.35. The number of fused-ring (bicyclic) bond motifs is 2. The number of hydrogen-bond acceptors (Lipinski definition) is 2. The monoisotopic (exact) mass is 302 g/mol. The van der Waals surface area contributed by atoms with E-state index in [0.717, 1.165) is 47.7 Å². The van der Waals surface area contributed by atoms with Gasteiger partial charge in [-0.3, -0.25) is 4.99 Å². The van der Waals surface area contributed by atoms with Crippen molar-refractivity contribution in [3.8, 4) is 0 Å². The Morgan fingerprint density at radius 1 is 1.14 bits per heavy atom. The second-order valence-electron chi connectivity index (χ2n) is 5.61. The van der Waals surface area contributed by atoms with Crippen LogP contribution in [-0.2, 0) is 12.6 Å². The van der Waals surface area contributed by atoms with Gasteiger partial charge in [-0.1, -0.05) is 18.2 Å². The molecule has 5 heteroatoms. The zero-order valence-corrected chi connectivity index (χ0v) is 11.9. The van der Waals surface area contributed by atoms with Gasteiger partial charge in [-0.25, -0.2) is 0 Å². The van der Waals surface area contributed by atoms with Crippen molar-refractivity contribution in [3.63, 3.8) is 0 Å². The molecular weight excluding hydrogens is 289 g/mol. The molecule has 0 bridgehead atoms. The van der Waals surface area contributed by atoms with Gasteiger partial charge in [-0.2, -0.15) is 13.2 Å². The molecule has 0 N–H and O–H groups in total. The molecule has 0 radical (unpaired) electrons. The Balaban J connectivity index is 1.97. The lowest BCUT2D eigenvalue weighted by Gasteiger charge is -2.21. The Labute approximate surface area is 125 Å². The van der Waals surface area contributed by atoms with Crippen molar-refractivity contribution in [2.24, 2.45) is 4.99 Å². The largest absolute Gasteiger partial charge is 0.416 e. The molecular formula is C17H13F3N2. The average Bonchev–Trinajstić information content (AvgIpc) is 2.84. The first-order valence-corrected chi connectivity index (χ1v) is 7.11. The SMILES string of the molecule is CC1=Nc2cc(C(F)(F)F)ccc2N2CCc3cccc1c32. The van der Waals surface area contributed by atoms with Crippen molar-refractivity contribution in [3.05, 3.63) is 53.1 Å². The number of nitrogens with zero attached hydrogens (tertiary/aromatic N) is 2. The van der Waals surface area contributed by atoms with Gasteiger partial charge in [0.25, 0.3) is 0 Å². The van der Waals surface area contributed by atoms with Crippen molar-refractivity contribution in [1.82, 2.24) is 0 Å². The third-order valence-electron chi connectivity index (χ3n) is 4.27. The summed E-state index contributed by atoms with van der Waals surface area (Å²) in [6.07, 6.45) is -3.45. The third kappa shape index (κ3) is 1.85. The standard InChI is InChI=1S/C17H13F3N2/c1-10-13-4-2-3-11-7-8-22(16(11)13)15-6-5-12(17(18,19)20)9-14(15)21-10/h2-6,9H,7-8H2,1H3. The smallest absolute Gasteiger partial charge is 0.339 e. The molecule has 0 atom stereocenters.